The van der Waals surface area contributed by atoms with Crippen molar-refractivity contribution in [3.05, 3.63) is 24.0 Å². The Hall–Kier alpha value is -1.95. The van der Waals surface area contributed by atoms with E-state index in [0.717, 1.165) is 49.0 Å². The molecule has 3 rings (SSSR count). The summed E-state index contributed by atoms with van der Waals surface area (Å²) in [5.41, 5.74) is 2.01. The van der Waals surface area contributed by atoms with Gasteiger partial charge in [0.15, 0.2) is 5.82 Å². The van der Waals surface area contributed by atoms with Gasteiger partial charge in [-0.1, -0.05) is 0 Å². The van der Waals surface area contributed by atoms with E-state index < -0.39 is 0 Å². The van der Waals surface area contributed by atoms with Crippen LogP contribution in [0.3, 0.4) is 0 Å². The van der Waals surface area contributed by atoms with Gasteiger partial charge in [0.1, 0.15) is 0 Å². The standard InChI is InChI=1S/C14H20N6/c1-10-9-11(3-6-16-10)13-17-14(19-18-13)20-7-4-12(15-2)5-8-20/h3,6,9,12,15H,4-5,7-8H2,1-2H3,(H,17,18,19). The molecule has 0 aromatic carbocycles. The first-order valence-electron chi connectivity index (χ1n) is 7.04. The Labute approximate surface area is 118 Å². The largest absolute Gasteiger partial charge is 0.339 e. The number of nitrogens with one attached hydrogen (secondary N) is 2. The van der Waals surface area contributed by atoms with Crippen LogP contribution in [0.15, 0.2) is 18.3 Å². The Balaban J connectivity index is 1.74. The molecule has 6 nitrogen and oxygen atoms in total. The van der Waals surface area contributed by atoms with Gasteiger partial charge in [-0.15, -0.1) is 5.10 Å². The minimum atomic E-state index is 0.618. The molecular weight excluding hydrogens is 252 g/mol. The minimum absolute atomic E-state index is 0.618. The molecule has 1 fully saturated rings. The van der Waals surface area contributed by atoms with E-state index in [1.807, 2.05) is 26.1 Å². The fourth-order valence-corrected chi connectivity index (χ4v) is 2.58. The second-order valence-corrected chi connectivity index (χ2v) is 5.22. The van der Waals surface area contributed by atoms with Crippen LogP contribution >= 0.6 is 0 Å². The number of aromatic amines is 1. The normalized spacial score (nSPS) is 16.6. The van der Waals surface area contributed by atoms with Crippen molar-refractivity contribution in [2.45, 2.75) is 25.8 Å². The van der Waals surface area contributed by atoms with Gasteiger partial charge in [0, 0.05) is 36.6 Å². The molecule has 6 heteroatoms. The molecule has 0 aliphatic carbocycles. The summed E-state index contributed by atoms with van der Waals surface area (Å²) < 4.78 is 0. The lowest BCUT2D eigenvalue weighted by molar-refractivity contribution is 0.439. The Morgan fingerprint density at radius 2 is 2.15 bits per heavy atom. The van der Waals surface area contributed by atoms with E-state index in [1.165, 1.54) is 0 Å². The lowest BCUT2D eigenvalue weighted by atomic mass is 10.1. The van der Waals surface area contributed by atoms with Gasteiger partial charge in [0.25, 0.3) is 0 Å². The first-order chi connectivity index (χ1) is 9.76. The fraction of sp³-hybridized carbons (Fsp3) is 0.500. The third kappa shape index (κ3) is 2.65. The number of aromatic nitrogens is 4. The maximum Gasteiger partial charge on any atom is 0.245 e. The lowest BCUT2D eigenvalue weighted by Crippen LogP contribution is -2.41. The maximum atomic E-state index is 4.61. The zero-order valence-electron chi connectivity index (χ0n) is 11.9. The van der Waals surface area contributed by atoms with Crippen molar-refractivity contribution in [3.63, 3.8) is 0 Å². The molecule has 1 aliphatic rings. The van der Waals surface area contributed by atoms with Crippen LogP contribution in [0.2, 0.25) is 0 Å². The van der Waals surface area contributed by atoms with E-state index in [-0.39, 0.29) is 0 Å². The van der Waals surface area contributed by atoms with E-state index in [2.05, 4.69) is 30.4 Å². The topological polar surface area (TPSA) is 69.7 Å². The number of aryl methyl sites for hydroxylation is 1. The van der Waals surface area contributed by atoms with Crippen molar-refractivity contribution >= 4 is 5.95 Å². The Morgan fingerprint density at radius 1 is 1.35 bits per heavy atom. The number of pyridine rings is 1. The van der Waals surface area contributed by atoms with Crippen molar-refractivity contribution in [3.8, 4) is 11.4 Å². The molecule has 106 valence electrons. The first-order valence-corrected chi connectivity index (χ1v) is 7.04. The fourth-order valence-electron chi connectivity index (χ4n) is 2.58. The van der Waals surface area contributed by atoms with Crippen LogP contribution in [0, 0.1) is 6.92 Å². The predicted molar refractivity (Wildman–Crippen MR) is 78.6 cm³/mol. The quantitative estimate of drug-likeness (QED) is 0.883. The molecule has 2 aromatic heterocycles. The van der Waals surface area contributed by atoms with Gasteiger partial charge in [-0.2, -0.15) is 4.98 Å². The molecule has 0 spiro atoms. The molecule has 20 heavy (non-hydrogen) atoms. The summed E-state index contributed by atoms with van der Waals surface area (Å²) in [4.78, 5) is 11.0. The number of anilines is 1. The van der Waals surface area contributed by atoms with Gasteiger partial charge < -0.3 is 10.2 Å². The third-order valence-corrected chi connectivity index (χ3v) is 3.83. The van der Waals surface area contributed by atoms with Crippen molar-refractivity contribution in [2.75, 3.05) is 25.0 Å². The summed E-state index contributed by atoms with van der Waals surface area (Å²) in [7, 11) is 2.02. The minimum Gasteiger partial charge on any atom is -0.339 e. The number of rotatable bonds is 3. The summed E-state index contributed by atoms with van der Waals surface area (Å²) in [5.74, 6) is 1.60. The van der Waals surface area contributed by atoms with Crippen LogP contribution in [-0.2, 0) is 0 Å². The SMILES string of the molecule is CNC1CCN(c2n[nH]c(-c3ccnc(C)c3)n2)CC1. The average Bonchev–Trinajstić information content (AvgIpc) is 2.97. The summed E-state index contributed by atoms with van der Waals surface area (Å²) in [5, 5.41) is 10.7. The lowest BCUT2D eigenvalue weighted by Gasteiger charge is -2.30. The number of piperidine rings is 1. The van der Waals surface area contributed by atoms with Crippen LogP contribution in [-0.4, -0.2) is 46.3 Å². The van der Waals surface area contributed by atoms with Crippen molar-refractivity contribution in [1.29, 1.82) is 0 Å². The summed E-state index contributed by atoms with van der Waals surface area (Å²) in [6.07, 6.45) is 4.06. The molecule has 0 unspecified atom stereocenters. The first kappa shape index (κ1) is 13.1. The second-order valence-electron chi connectivity index (χ2n) is 5.22. The van der Waals surface area contributed by atoms with Gasteiger partial charge in [-0.25, -0.2) is 0 Å². The summed E-state index contributed by atoms with van der Waals surface area (Å²) in [6.45, 7) is 3.97. The monoisotopic (exact) mass is 272 g/mol. The van der Waals surface area contributed by atoms with E-state index in [0.29, 0.717) is 6.04 Å². The highest BCUT2D eigenvalue weighted by Gasteiger charge is 2.20. The van der Waals surface area contributed by atoms with Gasteiger partial charge in [-0.3, -0.25) is 10.1 Å². The van der Waals surface area contributed by atoms with Crippen molar-refractivity contribution < 1.29 is 0 Å². The molecule has 1 saturated heterocycles. The van der Waals surface area contributed by atoms with E-state index in [4.69, 9.17) is 0 Å². The summed E-state index contributed by atoms with van der Waals surface area (Å²) in [6, 6.07) is 4.58. The molecule has 0 saturated carbocycles. The molecule has 0 atom stereocenters. The Morgan fingerprint density at radius 3 is 2.85 bits per heavy atom. The summed E-state index contributed by atoms with van der Waals surface area (Å²) >= 11 is 0. The zero-order chi connectivity index (χ0) is 13.9. The van der Waals surface area contributed by atoms with Crippen molar-refractivity contribution in [2.24, 2.45) is 0 Å². The number of hydrogen-bond acceptors (Lipinski definition) is 5. The number of nitrogens with zero attached hydrogens (tertiary/aromatic N) is 4. The van der Waals surface area contributed by atoms with Gasteiger partial charge in [-0.05, 0) is 38.9 Å². The number of hydrogen-bond donors (Lipinski definition) is 2. The molecule has 0 bridgehead atoms. The third-order valence-electron chi connectivity index (χ3n) is 3.83. The Bertz CT molecular complexity index is 571. The number of H-pyrrole nitrogens is 1. The van der Waals surface area contributed by atoms with Crippen LogP contribution in [0.4, 0.5) is 5.95 Å². The van der Waals surface area contributed by atoms with E-state index >= 15 is 0 Å². The van der Waals surface area contributed by atoms with Gasteiger partial charge in [0.2, 0.25) is 5.95 Å². The van der Waals surface area contributed by atoms with Crippen LogP contribution in [0.25, 0.3) is 11.4 Å². The van der Waals surface area contributed by atoms with Crippen LogP contribution in [0.5, 0.6) is 0 Å². The molecular formula is C14H20N6. The highest BCUT2D eigenvalue weighted by atomic mass is 15.4. The molecule has 0 amide bonds. The van der Waals surface area contributed by atoms with Crippen LogP contribution in [0.1, 0.15) is 18.5 Å². The molecule has 0 radical (unpaired) electrons. The van der Waals surface area contributed by atoms with Gasteiger partial charge in [0.05, 0.1) is 0 Å². The highest BCUT2D eigenvalue weighted by molar-refractivity contribution is 5.56. The maximum absolute atomic E-state index is 4.61. The van der Waals surface area contributed by atoms with E-state index in [9.17, 15) is 0 Å². The van der Waals surface area contributed by atoms with Crippen molar-refractivity contribution in [1.82, 2.24) is 25.5 Å². The molecule has 1 aliphatic heterocycles. The zero-order valence-corrected chi connectivity index (χ0v) is 11.9. The highest BCUT2D eigenvalue weighted by Crippen LogP contribution is 2.20. The Kier molecular flexibility index (Phi) is 3.64. The van der Waals surface area contributed by atoms with Gasteiger partial charge >= 0.3 is 0 Å². The average molecular weight is 272 g/mol. The van der Waals surface area contributed by atoms with Crippen LogP contribution < -0.4 is 10.2 Å². The predicted octanol–water partition coefficient (Wildman–Crippen LogP) is 1.36. The molecule has 2 aromatic rings. The van der Waals surface area contributed by atoms with E-state index in [1.54, 1.807) is 6.20 Å². The molecule has 2 N–H and O–H groups in total. The second kappa shape index (κ2) is 5.58. The molecule has 3 heterocycles. The smallest absolute Gasteiger partial charge is 0.245 e.